The fourth-order valence-electron chi connectivity index (χ4n) is 3.92. The average Bonchev–Trinajstić information content (AvgIpc) is 2.79. The summed E-state index contributed by atoms with van der Waals surface area (Å²) in [4.78, 5) is 42.6. The number of amides is 2. The quantitative estimate of drug-likeness (QED) is 0.574. The molecule has 1 aromatic heterocycles. The lowest BCUT2D eigenvalue weighted by Crippen LogP contribution is -2.35. The summed E-state index contributed by atoms with van der Waals surface area (Å²) in [5.41, 5.74) is 2.11. The second kappa shape index (κ2) is 9.57. The maximum Gasteiger partial charge on any atom is 0.257 e. The molecule has 7 heteroatoms. The summed E-state index contributed by atoms with van der Waals surface area (Å²) >= 11 is 0. The number of nitrogens with zero attached hydrogens (tertiary/aromatic N) is 1. The first-order valence-corrected chi connectivity index (χ1v) is 10.6. The molecule has 1 aliphatic heterocycles. The summed E-state index contributed by atoms with van der Waals surface area (Å²) in [5, 5.41) is 5.77. The molecule has 1 aliphatic rings. The highest BCUT2D eigenvalue weighted by Gasteiger charge is 2.14. The van der Waals surface area contributed by atoms with E-state index in [4.69, 9.17) is 0 Å². The van der Waals surface area contributed by atoms with Crippen LogP contribution in [-0.2, 0) is 11.3 Å². The van der Waals surface area contributed by atoms with Crippen LogP contribution in [0.15, 0.2) is 59.5 Å². The third-order valence-corrected chi connectivity index (χ3v) is 5.51. The van der Waals surface area contributed by atoms with Crippen LogP contribution in [-0.4, -0.2) is 41.3 Å². The molecule has 0 atom stereocenters. The van der Waals surface area contributed by atoms with Crippen molar-refractivity contribution in [2.24, 2.45) is 0 Å². The maximum atomic E-state index is 12.5. The molecular formula is C24H26N4O3. The van der Waals surface area contributed by atoms with E-state index in [2.05, 4.69) is 26.6 Å². The number of piperidine rings is 1. The summed E-state index contributed by atoms with van der Waals surface area (Å²) in [7, 11) is 0. The van der Waals surface area contributed by atoms with Gasteiger partial charge in [0.1, 0.15) is 5.56 Å². The third-order valence-electron chi connectivity index (χ3n) is 5.51. The van der Waals surface area contributed by atoms with E-state index >= 15 is 0 Å². The van der Waals surface area contributed by atoms with Crippen LogP contribution in [0.1, 0.15) is 35.2 Å². The van der Waals surface area contributed by atoms with Crippen molar-refractivity contribution in [2.75, 3.05) is 25.0 Å². The number of rotatable bonds is 6. The molecule has 2 heterocycles. The van der Waals surface area contributed by atoms with Crippen LogP contribution in [0.4, 0.5) is 5.69 Å². The van der Waals surface area contributed by atoms with Gasteiger partial charge in [-0.15, -0.1) is 0 Å². The summed E-state index contributed by atoms with van der Waals surface area (Å²) in [6.07, 6.45) is 5.14. The summed E-state index contributed by atoms with van der Waals surface area (Å²) < 4.78 is 0. The monoisotopic (exact) mass is 418 g/mol. The van der Waals surface area contributed by atoms with Gasteiger partial charge >= 0.3 is 0 Å². The summed E-state index contributed by atoms with van der Waals surface area (Å²) in [6, 6.07) is 14.7. The van der Waals surface area contributed by atoms with Crippen LogP contribution in [0.3, 0.4) is 0 Å². The highest BCUT2D eigenvalue weighted by Crippen LogP contribution is 2.16. The van der Waals surface area contributed by atoms with Crippen LogP contribution < -0.4 is 16.1 Å². The molecule has 0 bridgehead atoms. The highest BCUT2D eigenvalue weighted by atomic mass is 16.2. The van der Waals surface area contributed by atoms with Gasteiger partial charge in [0, 0.05) is 29.3 Å². The van der Waals surface area contributed by atoms with Crippen molar-refractivity contribution in [2.45, 2.75) is 25.8 Å². The fraction of sp³-hybridized carbons (Fsp3) is 0.292. The van der Waals surface area contributed by atoms with Gasteiger partial charge in [0.25, 0.3) is 5.91 Å². The van der Waals surface area contributed by atoms with E-state index in [0.717, 1.165) is 25.2 Å². The van der Waals surface area contributed by atoms with Crippen LogP contribution in [0.2, 0.25) is 0 Å². The van der Waals surface area contributed by atoms with Gasteiger partial charge in [0.15, 0.2) is 0 Å². The first-order valence-electron chi connectivity index (χ1n) is 10.6. The molecule has 0 saturated carbocycles. The number of aromatic nitrogens is 1. The molecule has 0 unspecified atom stereocenters. The lowest BCUT2D eigenvalue weighted by atomic mass is 10.1. The minimum atomic E-state index is -0.582. The predicted octanol–water partition coefficient (Wildman–Crippen LogP) is 2.88. The van der Waals surface area contributed by atoms with Crippen LogP contribution in [0.25, 0.3) is 10.9 Å². The zero-order valence-electron chi connectivity index (χ0n) is 17.3. The lowest BCUT2D eigenvalue weighted by molar-refractivity contribution is -0.115. The topological polar surface area (TPSA) is 94.3 Å². The van der Waals surface area contributed by atoms with E-state index in [1.54, 1.807) is 18.2 Å². The molecule has 3 aromatic rings. The van der Waals surface area contributed by atoms with Crippen molar-refractivity contribution in [3.05, 3.63) is 76.1 Å². The number of nitrogens with one attached hydrogen (secondary N) is 3. The molecule has 0 aliphatic carbocycles. The minimum absolute atomic E-state index is 0.0185. The Balaban J connectivity index is 1.34. The molecule has 0 spiro atoms. The van der Waals surface area contributed by atoms with E-state index in [9.17, 15) is 14.4 Å². The number of benzene rings is 2. The molecule has 1 saturated heterocycles. The second-order valence-corrected chi connectivity index (χ2v) is 7.85. The largest absolute Gasteiger partial charge is 0.360 e. The van der Waals surface area contributed by atoms with Crippen molar-refractivity contribution in [3.8, 4) is 0 Å². The van der Waals surface area contributed by atoms with Gasteiger partial charge in [0.2, 0.25) is 11.3 Å². The van der Waals surface area contributed by atoms with Crippen molar-refractivity contribution >= 4 is 28.4 Å². The summed E-state index contributed by atoms with van der Waals surface area (Å²) in [5.74, 6) is -0.929. The Morgan fingerprint density at radius 1 is 1.00 bits per heavy atom. The van der Waals surface area contributed by atoms with Crippen LogP contribution >= 0.6 is 0 Å². The number of carbonyl (C=O) groups is 2. The zero-order valence-corrected chi connectivity index (χ0v) is 17.3. The van der Waals surface area contributed by atoms with Gasteiger partial charge in [-0.1, -0.05) is 30.7 Å². The smallest absolute Gasteiger partial charge is 0.257 e. The number of aromatic amines is 1. The van der Waals surface area contributed by atoms with Gasteiger partial charge < -0.3 is 15.6 Å². The van der Waals surface area contributed by atoms with Gasteiger partial charge in [-0.2, -0.15) is 0 Å². The Morgan fingerprint density at radius 3 is 2.65 bits per heavy atom. The van der Waals surface area contributed by atoms with Gasteiger partial charge in [-0.25, -0.2) is 0 Å². The third kappa shape index (κ3) is 5.19. The highest BCUT2D eigenvalue weighted by molar-refractivity contribution is 6.00. The van der Waals surface area contributed by atoms with Gasteiger partial charge in [-0.3, -0.25) is 19.3 Å². The average molecular weight is 418 g/mol. The number of fused-ring (bicyclic) bond motifs is 1. The molecular weight excluding hydrogens is 392 g/mol. The Kier molecular flexibility index (Phi) is 6.43. The van der Waals surface area contributed by atoms with Crippen molar-refractivity contribution < 1.29 is 9.59 Å². The van der Waals surface area contributed by atoms with E-state index in [0.29, 0.717) is 16.6 Å². The minimum Gasteiger partial charge on any atom is -0.360 e. The van der Waals surface area contributed by atoms with E-state index in [1.807, 2.05) is 24.3 Å². The molecule has 31 heavy (non-hydrogen) atoms. The number of hydrogen-bond acceptors (Lipinski definition) is 4. The van der Waals surface area contributed by atoms with Crippen LogP contribution in [0.5, 0.6) is 0 Å². The van der Waals surface area contributed by atoms with Crippen molar-refractivity contribution in [1.29, 1.82) is 0 Å². The van der Waals surface area contributed by atoms with Crippen molar-refractivity contribution in [1.82, 2.24) is 15.2 Å². The van der Waals surface area contributed by atoms with Gasteiger partial charge in [0.05, 0.1) is 6.54 Å². The number of para-hydroxylation sites is 1. The molecule has 2 aromatic carbocycles. The molecule has 1 fully saturated rings. The predicted molar refractivity (Wildman–Crippen MR) is 121 cm³/mol. The molecule has 4 rings (SSSR count). The first-order chi connectivity index (χ1) is 15.1. The number of hydrogen-bond donors (Lipinski definition) is 3. The van der Waals surface area contributed by atoms with Crippen molar-refractivity contribution in [3.63, 3.8) is 0 Å². The van der Waals surface area contributed by atoms with Crippen LogP contribution in [0, 0.1) is 0 Å². The van der Waals surface area contributed by atoms with E-state index in [-0.39, 0.29) is 23.4 Å². The van der Waals surface area contributed by atoms with E-state index in [1.165, 1.54) is 25.5 Å². The SMILES string of the molecule is O=C(CNC(=O)c1c[nH]c2ccccc2c1=O)Nc1cccc(CN2CCCCC2)c1. The Labute approximate surface area is 180 Å². The molecule has 0 radical (unpaired) electrons. The normalized spacial score (nSPS) is 14.3. The standard InChI is InChI=1S/C24H26N4O3/c29-22(27-18-8-6-7-17(13-18)16-28-11-4-1-5-12-28)15-26-24(31)20-14-25-21-10-3-2-9-19(21)23(20)30/h2-3,6-10,13-14H,1,4-5,11-12,15-16H2,(H,25,30)(H,26,31)(H,27,29). The second-order valence-electron chi connectivity index (χ2n) is 7.85. The maximum absolute atomic E-state index is 12.5. The van der Waals surface area contributed by atoms with E-state index < -0.39 is 5.91 Å². The lowest BCUT2D eigenvalue weighted by Gasteiger charge is -2.26. The molecule has 2 amide bonds. The Hall–Kier alpha value is -3.45. The number of carbonyl (C=O) groups excluding carboxylic acids is 2. The Morgan fingerprint density at radius 2 is 1.81 bits per heavy atom. The number of pyridine rings is 1. The fourth-order valence-corrected chi connectivity index (χ4v) is 3.92. The number of H-pyrrole nitrogens is 1. The molecule has 3 N–H and O–H groups in total. The first kappa shape index (κ1) is 20.8. The molecule has 160 valence electrons. The number of anilines is 1. The zero-order chi connectivity index (χ0) is 21.6. The number of likely N-dealkylation sites (tertiary alicyclic amines) is 1. The Bertz CT molecular complexity index is 1150. The summed E-state index contributed by atoms with van der Waals surface area (Å²) in [6.45, 7) is 2.86. The van der Waals surface area contributed by atoms with Gasteiger partial charge in [-0.05, 0) is 55.8 Å². The molecule has 7 nitrogen and oxygen atoms in total.